The van der Waals surface area contributed by atoms with Crippen molar-refractivity contribution in [2.75, 3.05) is 38.7 Å². The molecule has 0 spiro atoms. The van der Waals surface area contributed by atoms with Gasteiger partial charge in [0.15, 0.2) is 0 Å². The molecule has 0 radical (unpaired) electrons. The predicted octanol–water partition coefficient (Wildman–Crippen LogP) is 1.73. The quantitative estimate of drug-likeness (QED) is 0.837. The van der Waals surface area contributed by atoms with Crippen molar-refractivity contribution in [2.45, 2.75) is 6.54 Å². The Morgan fingerprint density at radius 2 is 1.90 bits per heavy atom. The summed E-state index contributed by atoms with van der Waals surface area (Å²) in [5.74, 6) is 0. The minimum Gasteiger partial charge on any atom is -0.350 e. The standard InChI is InChI=1S/C15H22N4O/c1-17-5-7-19(8-6-17)11-12-10-18(2)15-4-3-13(16-20)9-14(12)15/h3-4,9-10,16,20H,5-8,11H2,1-2H3. The fourth-order valence-corrected chi connectivity index (χ4v) is 2.92. The highest BCUT2D eigenvalue weighted by atomic mass is 16.5. The third-order valence-electron chi connectivity index (χ3n) is 4.19. The van der Waals surface area contributed by atoms with Crippen molar-refractivity contribution in [3.63, 3.8) is 0 Å². The molecule has 1 aromatic heterocycles. The van der Waals surface area contributed by atoms with E-state index in [-0.39, 0.29) is 0 Å². The molecule has 1 fully saturated rings. The summed E-state index contributed by atoms with van der Waals surface area (Å²) in [4.78, 5) is 4.86. The summed E-state index contributed by atoms with van der Waals surface area (Å²) >= 11 is 0. The van der Waals surface area contributed by atoms with Crippen LogP contribution in [-0.4, -0.2) is 52.8 Å². The Morgan fingerprint density at radius 1 is 1.15 bits per heavy atom. The number of aryl methyl sites for hydroxylation is 1. The fourth-order valence-electron chi connectivity index (χ4n) is 2.92. The Balaban J connectivity index is 1.87. The lowest BCUT2D eigenvalue weighted by Crippen LogP contribution is -2.43. The summed E-state index contributed by atoms with van der Waals surface area (Å²) in [5, 5.41) is 10.3. The van der Waals surface area contributed by atoms with Gasteiger partial charge in [0.05, 0.1) is 5.69 Å². The maximum absolute atomic E-state index is 9.07. The number of anilines is 1. The average Bonchev–Trinajstić information content (AvgIpc) is 2.77. The number of benzene rings is 1. The molecule has 20 heavy (non-hydrogen) atoms. The van der Waals surface area contributed by atoms with Gasteiger partial charge in [-0.2, -0.15) is 0 Å². The summed E-state index contributed by atoms with van der Waals surface area (Å²) in [6.45, 7) is 5.47. The largest absolute Gasteiger partial charge is 0.350 e. The van der Waals surface area contributed by atoms with Crippen LogP contribution >= 0.6 is 0 Å². The van der Waals surface area contributed by atoms with E-state index >= 15 is 0 Å². The molecule has 0 bridgehead atoms. The van der Waals surface area contributed by atoms with E-state index in [1.807, 2.05) is 18.2 Å². The van der Waals surface area contributed by atoms with Crippen molar-refractivity contribution in [2.24, 2.45) is 7.05 Å². The highest BCUT2D eigenvalue weighted by Gasteiger charge is 2.16. The zero-order valence-corrected chi connectivity index (χ0v) is 12.1. The Morgan fingerprint density at radius 3 is 2.60 bits per heavy atom. The van der Waals surface area contributed by atoms with Crippen molar-refractivity contribution < 1.29 is 5.21 Å². The first-order valence-electron chi connectivity index (χ1n) is 7.06. The monoisotopic (exact) mass is 274 g/mol. The molecule has 0 saturated carbocycles. The minimum atomic E-state index is 0.739. The normalized spacial score (nSPS) is 17.8. The van der Waals surface area contributed by atoms with E-state index in [0.29, 0.717) is 0 Å². The van der Waals surface area contributed by atoms with Gasteiger partial charge >= 0.3 is 0 Å². The van der Waals surface area contributed by atoms with E-state index in [1.165, 1.54) is 16.5 Å². The van der Waals surface area contributed by atoms with Crippen LogP contribution in [-0.2, 0) is 13.6 Å². The zero-order valence-electron chi connectivity index (χ0n) is 12.1. The molecule has 2 heterocycles. The van der Waals surface area contributed by atoms with E-state index in [9.17, 15) is 0 Å². The lowest BCUT2D eigenvalue weighted by Gasteiger charge is -2.32. The van der Waals surface area contributed by atoms with E-state index in [0.717, 1.165) is 38.4 Å². The molecule has 5 nitrogen and oxygen atoms in total. The highest BCUT2D eigenvalue weighted by molar-refractivity contribution is 5.87. The van der Waals surface area contributed by atoms with Crippen LogP contribution in [0.2, 0.25) is 0 Å². The molecule has 1 saturated heterocycles. The SMILES string of the molecule is CN1CCN(Cc2cn(C)c3ccc(NO)cc23)CC1. The molecule has 1 aliphatic rings. The van der Waals surface area contributed by atoms with Crippen LogP contribution in [0, 0.1) is 0 Å². The number of nitrogens with zero attached hydrogens (tertiary/aromatic N) is 3. The topological polar surface area (TPSA) is 43.7 Å². The number of piperazine rings is 1. The average molecular weight is 274 g/mol. The number of rotatable bonds is 3. The number of fused-ring (bicyclic) bond motifs is 1. The molecule has 0 amide bonds. The van der Waals surface area contributed by atoms with Gasteiger partial charge in [-0.25, -0.2) is 0 Å². The maximum atomic E-state index is 9.07. The van der Waals surface area contributed by atoms with Crippen molar-refractivity contribution in [1.29, 1.82) is 0 Å². The first-order chi connectivity index (χ1) is 9.67. The molecule has 0 unspecified atom stereocenters. The number of likely N-dealkylation sites (N-methyl/N-ethyl adjacent to an activating group) is 1. The number of hydrogen-bond acceptors (Lipinski definition) is 4. The van der Waals surface area contributed by atoms with Gasteiger partial charge in [0, 0.05) is 56.9 Å². The predicted molar refractivity (Wildman–Crippen MR) is 81.1 cm³/mol. The van der Waals surface area contributed by atoms with Crippen LogP contribution < -0.4 is 5.48 Å². The van der Waals surface area contributed by atoms with Crippen LogP contribution in [0.5, 0.6) is 0 Å². The molecule has 0 atom stereocenters. The smallest absolute Gasteiger partial charge is 0.0609 e. The maximum Gasteiger partial charge on any atom is 0.0609 e. The summed E-state index contributed by atoms with van der Waals surface area (Å²) in [6.07, 6.45) is 2.20. The Labute approximate surface area is 119 Å². The molecule has 2 N–H and O–H groups in total. The lowest BCUT2D eigenvalue weighted by atomic mass is 10.1. The zero-order chi connectivity index (χ0) is 14.1. The van der Waals surface area contributed by atoms with E-state index in [2.05, 4.69) is 40.1 Å². The Bertz CT molecular complexity index is 599. The van der Waals surface area contributed by atoms with Gasteiger partial charge in [0.2, 0.25) is 0 Å². The lowest BCUT2D eigenvalue weighted by molar-refractivity contribution is 0.148. The van der Waals surface area contributed by atoms with Gasteiger partial charge in [-0.3, -0.25) is 15.6 Å². The third-order valence-corrected chi connectivity index (χ3v) is 4.19. The Kier molecular flexibility index (Phi) is 3.65. The Hall–Kier alpha value is -1.56. The number of nitrogens with one attached hydrogen (secondary N) is 1. The molecule has 108 valence electrons. The summed E-state index contributed by atoms with van der Waals surface area (Å²) in [7, 11) is 4.25. The second-order valence-electron chi connectivity index (χ2n) is 5.69. The molecule has 1 aliphatic heterocycles. The third kappa shape index (κ3) is 2.52. The van der Waals surface area contributed by atoms with Crippen molar-refractivity contribution in [3.05, 3.63) is 30.0 Å². The van der Waals surface area contributed by atoms with Gasteiger partial charge in [-0.1, -0.05) is 0 Å². The summed E-state index contributed by atoms with van der Waals surface area (Å²) < 4.78 is 2.15. The van der Waals surface area contributed by atoms with Crippen molar-refractivity contribution in [1.82, 2.24) is 14.4 Å². The molecular weight excluding hydrogens is 252 g/mol. The molecule has 1 aromatic carbocycles. The number of aromatic nitrogens is 1. The van der Waals surface area contributed by atoms with Crippen LogP contribution in [0.4, 0.5) is 5.69 Å². The van der Waals surface area contributed by atoms with Crippen LogP contribution in [0.15, 0.2) is 24.4 Å². The van der Waals surface area contributed by atoms with E-state index < -0.39 is 0 Å². The second-order valence-corrected chi connectivity index (χ2v) is 5.69. The first-order valence-corrected chi connectivity index (χ1v) is 7.06. The van der Waals surface area contributed by atoms with Crippen LogP contribution in [0.25, 0.3) is 10.9 Å². The number of hydrogen-bond donors (Lipinski definition) is 2. The van der Waals surface area contributed by atoms with Crippen molar-refractivity contribution >= 4 is 16.6 Å². The first kappa shape index (κ1) is 13.4. The minimum absolute atomic E-state index is 0.739. The summed E-state index contributed by atoms with van der Waals surface area (Å²) in [5.41, 5.74) is 5.50. The molecule has 0 aliphatic carbocycles. The van der Waals surface area contributed by atoms with Crippen molar-refractivity contribution in [3.8, 4) is 0 Å². The van der Waals surface area contributed by atoms with E-state index in [1.54, 1.807) is 0 Å². The molecule has 5 heteroatoms. The molecule has 3 rings (SSSR count). The van der Waals surface area contributed by atoms with Crippen LogP contribution in [0.3, 0.4) is 0 Å². The molecular formula is C15H22N4O. The fraction of sp³-hybridized carbons (Fsp3) is 0.467. The van der Waals surface area contributed by atoms with Gasteiger partial charge in [0.1, 0.15) is 0 Å². The highest BCUT2D eigenvalue weighted by Crippen LogP contribution is 2.25. The van der Waals surface area contributed by atoms with Gasteiger partial charge < -0.3 is 9.47 Å². The van der Waals surface area contributed by atoms with Gasteiger partial charge in [-0.05, 0) is 30.8 Å². The molecule has 2 aromatic rings. The summed E-state index contributed by atoms with van der Waals surface area (Å²) in [6, 6.07) is 5.95. The van der Waals surface area contributed by atoms with E-state index in [4.69, 9.17) is 5.21 Å². The van der Waals surface area contributed by atoms with Gasteiger partial charge in [0.25, 0.3) is 0 Å². The van der Waals surface area contributed by atoms with Gasteiger partial charge in [-0.15, -0.1) is 0 Å². The second kappa shape index (κ2) is 5.44. The van der Waals surface area contributed by atoms with Crippen LogP contribution in [0.1, 0.15) is 5.56 Å².